The summed E-state index contributed by atoms with van der Waals surface area (Å²) >= 11 is 1.23. The smallest absolute Gasteiger partial charge is 0.260 e. The van der Waals surface area contributed by atoms with E-state index in [2.05, 4.69) is 4.98 Å². The molecular weight excluding hydrogens is 543 g/mol. The maximum absolute atomic E-state index is 13.8. The molecule has 0 atom stereocenters. The number of nitrogens with zero attached hydrogens (tertiary/aromatic N) is 3. The van der Waals surface area contributed by atoms with E-state index in [4.69, 9.17) is 0 Å². The third-order valence-electron chi connectivity index (χ3n) is 6.49. The molecule has 0 spiro atoms. The van der Waals surface area contributed by atoms with E-state index in [9.17, 15) is 21.6 Å². The zero-order chi connectivity index (χ0) is 26.9. The third kappa shape index (κ3) is 5.51. The van der Waals surface area contributed by atoms with Gasteiger partial charge in [-0.1, -0.05) is 48.1 Å². The molecule has 8 nitrogen and oxygen atoms in total. The van der Waals surface area contributed by atoms with Crippen molar-refractivity contribution in [2.45, 2.75) is 35.6 Å². The molecule has 1 fully saturated rings. The highest BCUT2D eigenvalue weighted by Gasteiger charge is 2.27. The largest absolute Gasteiger partial charge is 0.279 e. The Morgan fingerprint density at radius 1 is 0.895 bits per heavy atom. The van der Waals surface area contributed by atoms with Crippen LogP contribution in [-0.4, -0.2) is 51.4 Å². The number of piperidine rings is 1. The SMILES string of the molecule is CS(=O)(=O)c1ccc2nc(N(Cc3ccccc3)C(=O)c3ccc(S(=O)(=O)N4CCCCC4)cc3)sc2c1. The van der Waals surface area contributed by atoms with Gasteiger partial charge in [-0.05, 0) is 60.9 Å². The van der Waals surface area contributed by atoms with Crippen molar-refractivity contribution in [3.05, 3.63) is 83.9 Å². The molecule has 11 heteroatoms. The van der Waals surface area contributed by atoms with Crippen LogP contribution >= 0.6 is 11.3 Å². The van der Waals surface area contributed by atoms with Gasteiger partial charge in [-0.3, -0.25) is 9.69 Å². The lowest BCUT2D eigenvalue weighted by molar-refractivity contribution is 0.0985. The van der Waals surface area contributed by atoms with E-state index in [1.165, 1.54) is 50.9 Å². The second-order valence-corrected chi connectivity index (χ2v) is 14.2. The Kier molecular flexibility index (Phi) is 7.36. The van der Waals surface area contributed by atoms with E-state index in [1.54, 1.807) is 12.1 Å². The number of rotatable bonds is 7. The van der Waals surface area contributed by atoms with Crippen molar-refractivity contribution >= 4 is 52.5 Å². The Hall–Kier alpha value is -3.12. The van der Waals surface area contributed by atoms with Gasteiger partial charge in [-0.25, -0.2) is 21.8 Å². The molecule has 0 saturated carbocycles. The average molecular weight is 570 g/mol. The van der Waals surface area contributed by atoms with Crippen molar-refractivity contribution in [1.82, 2.24) is 9.29 Å². The highest BCUT2D eigenvalue weighted by atomic mass is 32.2. The van der Waals surface area contributed by atoms with Gasteiger partial charge in [0.1, 0.15) is 0 Å². The first-order valence-corrected chi connectivity index (χ1v) is 16.3. The molecule has 0 aliphatic carbocycles. The molecule has 1 aliphatic rings. The Labute approximate surface area is 226 Å². The molecule has 0 bridgehead atoms. The quantitative estimate of drug-likeness (QED) is 0.319. The number of sulfonamides is 1. The molecule has 3 aromatic carbocycles. The fourth-order valence-corrected chi connectivity index (χ4v) is 7.65. The normalized spacial score (nSPS) is 15.0. The van der Waals surface area contributed by atoms with Crippen LogP contribution in [0.25, 0.3) is 10.2 Å². The lowest BCUT2D eigenvalue weighted by atomic mass is 10.1. The van der Waals surface area contributed by atoms with Crippen LogP contribution in [0.2, 0.25) is 0 Å². The van der Waals surface area contributed by atoms with E-state index in [-0.39, 0.29) is 22.2 Å². The molecule has 1 saturated heterocycles. The van der Waals surface area contributed by atoms with Crippen LogP contribution in [0.3, 0.4) is 0 Å². The Morgan fingerprint density at radius 3 is 2.21 bits per heavy atom. The standard InChI is InChI=1S/C27H27N3O5S3/c1-37(32,33)23-14-15-24-25(18-23)36-27(28-24)30(19-20-8-4-2-5-9-20)26(31)21-10-12-22(13-11-21)38(34,35)29-16-6-3-7-17-29/h2,4-5,8-15,18H,3,6-7,16-17,19H2,1H3. The maximum Gasteiger partial charge on any atom is 0.260 e. The minimum Gasteiger partial charge on any atom is -0.279 e. The van der Waals surface area contributed by atoms with Gasteiger partial charge in [0.25, 0.3) is 5.91 Å². The van der Waals surface area contributed by atoms with Gasteiger partial charge < -0.3 is 0 Å². The molecule has 5 rings (SSSR count). The third-order valence-corrected chi connectivity index (χ3v) is 10.6. The van der Waals surface area contributed by atoms with Gasteiger partial charge >= 0.3 is 0 Å². The molecule has 1 amide bonds. The number of amides is 1. The van der Waals surface area contributed by atoms with E-state index in [0.29, 0.717) is 34.0 Å². The van der Waals surface area contributed by atoms with Crippen molar-refractivity contribution in [2.75, 3.05) is 24.2 Å². The number of benzene rings is 3. The number of carbonyl (C=O) groups excluding carboxylic acids is 1. The van der Waals surface area contributed by atoms with Crippen molar-refractivity contribution in [3.63, 3.8) is 0 Å². The summed E-state index contributed by atoms with van der Waals surface area (Å²) in [7, 11) is -7.00. The highest BCUT2D eigenvalue weighted by molar-refractivity contribution is 7.90. The lowest BCUT2D eigenvalue weighted by Gasteiger charge is -2.26. The number of hydrogen-bond donors (Lipinski definition) is 0. The summed E-state index contributed by atoms with van der Waals surface area (Å²) in [5.74, 6) is -0.335. The fourth-order valence-electron chi connectivity index (χ4n) is 4.41. The minimum atomic E-state index is -3.61. The summed E-state index contributed by atoms with van der Waals surface area (Å²) in [6.45, 7) is 1.26. The first-order chi connectivity index (χ1) is 18.1. The van der Waals surface area contributed by atoms with E-state index in [1.807, 2.05) is 30.3 Å². The molecule has 38 heavy (non-hydrogen) atoms. The number of thiazole rings is 1. The monoisotopic (exact) mass is 569 g/mol. The Morgan fingerprint density at radius 2 is 1.55 bits per heavy atom. The predicted octanol–water partition coefficient (Wildman–Crippen LogP) is 4.72. The number of sulfone groups is 1. The summed E-state index contributed by atoms with van der Waals surface area (Å²) in [4.78, 5) is 20.3. The lowest BCUT2D eigenvalue weighted by Crippen LogP contribution is -2.35. The molecule has 1 aromatic heterocycles. The summed E-state index contributed by atoms with van der Waals surface area (Å²) in [5.41, 5.74) is 1.81. The van der Waals surface area contributed by atoms with Crippen LogP contribution in [0.5, 0.6) is 0 Å². The topological polar surface area (TPSA) is 105 Å². The van der Waals surface area contributed by atoms with Crippen LogP contribution in [0.15, 0.2) is 82.6 Å². The van der Waals surface area contributed by atoms with Crippen molar-refractivity contribution in [2.24, 2.45) is 0 Å². The number of hydrogen-bond acceptors (Lipinski definition) is 7. The molecule has 4 aromatic rings. The van der Waals surface area contributed by atoms with Crippen molar-refractivity contribution in [3.8, 4) is 0 Å². The second-order valence-electron chi connectivity index (χ2n) is 9.26. The van der Waals surface area contributed by atoms with Crippen LogP contribution in [-0.2, 0) is 26.4 Å². The molecule has 0 unspecified atom stereocenters. The van der Waals surface area contributed by atoms with E-state index in [0.717, 1.165) is 31.1 Å². The van der Waals surface area contributed by atoms with Gasteiger partial charge in [0.2, 0.25) is 10.0 Å². The molecular formula is C27H27N3O5S3. The zero-order valence-electron chi connectivity index (χ0n) is 20.8. The van der Waals surface area contributed by atoms with Crippen LogP contribution < -0.4 is 4.90 Å². The number of anilines is 1. The van der Waals surface area contributed by atoms with Gasteiger partial charge in [0.05, 0.1) is 26.6 Å². The van der Waals surface area contributed by atoms with E-state index >= 15 is 0 Å². The minimum absolute atomic E-state index is 0.166. The maximum atomic E-state index is 13.8. The average Bonchev–Trinajstić information content (AvgIpc) is 3.35. The Balaban J connectivity index is 1.49. The first-order valence-electron chi connectivity index (χ1n) is 12.2. The number of carbonyl (C=O) groups is 1. The van der Waals surface area contributed by atoms with Gasteiger partial charge in [0.15, 0.2) is 15.0 Å². The summed E-state index contributed by atoms with van der Waals surface area (Å²) in [5, 5.41) is 0.421. The van der Waals surface area contributed by atoms with Crippen LogP contribution in [0, 0.1) is 0 Å². The summed E-state index contributed by atoms with van der Waals surface area (Å²) in [6.07, 6.45) is 3.87. The highest BCUT2D eigenvalue weighted by Crippen LogP contribution is 2.32. The number of fused-ring (bicyclic) bond motifs is 1. The number of aromatic nitrogens is 1. The second kappa shape index (κ2) is 10.6. The zero-order valence-corrected chi connectivity index (χ0v) is 23.2. The summed E-state index contributed by atoms with van der Waals surface area (Å²) < 4.78 is 52.3. The molecule has 0 N–H and O–H groups in total. The van der Waals surface area contributed by atoms with Crippen molar-refractivity contribution < 1.29 is 21.6 Å². The molecule has 2 heterocycles. The van der Waals surface area contributed by atoms with E-state index < -0.39 is 19.9 Å². The van der Waals surface area contributed by atoms with Crippen LogP contribution in [0.4, 0.5) is 5.13 Å². The molecule has 198 valence electrons. The van der Waals surface area contributed by atoms with Crippen LogP contribution in [0.1, 0.15) is 35.2 Å². The summed E-state index contributed by atoms with van der Waals surface area (Å²) in [6, 6.07) is 20.2. The molecule has 0 radical (unpaired) electrons. The fraction of sp³-hybridized carbons (Fsp3) is 0.259. The van der Waals surface area contributed by atoms with Gasteiger partial charge in [-0.2, -0.15) is 4.31 Å². The predicted molar refractivity (Wildman–Crippen MR) is 149 cm³/mol. The van der Waals surface area contributed by atoms with Gasteiger partial charge in [-0.15, -0.1) is 0 Å². The van der Waals surface area contributed by atoms with Gasteiger partial charge in [0, 0.05) is 24.9 Å². The Bertz CT molecular complexity index is 1680. The molecule has 1 aliphatic heterocycles. The first kappa shape index (κ1) is 26.5. The van der Waals surface area contributed by atoms with Crippen molar-refractivity contribution in [1.29, 1.82) is 0 Å².